The van der Waals surface area contributed by atoms with Crippen LogP contribution in [0.25, 0.3) is 6.08 Å². The average Bonchev–Trinajstić information content (AvgIpc) is 2.65. The highest BCUT2D eigenvalue weighted by molar-refractivity contribution is 5.59. The third-order valence-corrected chi connectivity index (χ3v) is 4.59. The van der Waals surface area contributed by atoms with Gasteiger partial charge in [-0.25, -0.2) is 0 Å². The Morgan fingerprint density at radius 2 is 1.62 bits per heavy atom. The van der Waals surface area contributed by atoms with Gasteiger partial charge in [-0.15, -0.1) is 0 Å². The first-order valence-electron chi connectivity index (χ1n) is 8.31. The van der Waals surface area contributed by atoms with E-state index in [1.807, 2.05) is 48.5 Å². The van der Waals surface area contributed by atoms with Gasteiger partial charge in [0.05, 0.1) is 19.3 Å². The zero-order valence-electron chi connectivity index (χ0n) is 14.0. The average molecular weight is 318 g/mol. The Morgan fingerprint density at radius 3 is 2.21 bits per heavy atom. The van der Waals surface area contributed by atoms with Crippen LogP contribution < -0.4 is 0 Å². The summed E-state index contributed by atoms with van der Waals surface area (Å²) in [6.07, 6.45) is 2.12. The van der Waals surface area contributed by atoms with Crippen LogP contribution in [0, 0.1) is 11.3 Å². The third kappa shape index (κ3) is 3.12. The summed E-state index contributed by atoms with van der Waals surface area (Å²) in [7, 11) is 0. The van der Waals surface area contributed by atoms with Gasteiger partial charge in [0.25, 0.3) is 0 Å². The Hall–Kier alpha value is -2.41. The van der Waals surface area contributed by atoms with Crippen LogP contribution in [0.3, 0.4) is 0 Å². The monoisotopic (exact) mass is 318 g/mol. The van der Waals surface area contributed by atoms with Gasteiger partial charge in [0.1, 0.15) is 0 Å². The van der Waals surface area contributed by atoms with E-state index >= 15 is 0 Å². The number of nitrogens with zero attached hydrogens (tertiary/aromatic N) is 2. The summed E-state index contributed by atoms with van der Waals surface area (Å²) in [5.74, 6) is 0. The number of benzene rings is 2. The van der Waals surface area contributed by atoms with Crippen molar-refractivity contribution in [2.24, 2.45) is 0 Å². The molecule has 1 aliphatic heterocycles. The Balaban J connectivity index is 2.10. The van der Waals surface area contributed by atoms with Crippen molar-refractivity contribution in [3.8, 4) is 6.07 Å². The standard InChI is InChI=1S/C21H22N2O/c1-18(16-19-8-4-2-5-9-19)21(17-22,20-10-6-3-7-11-20)23-12-14-24-15-13-23/h2-11,16H,12-15H2,1H3. The van der Waals surface area contributed by atoms with Crippen molar-refractivity contribution in [2.75, 3.05) is 26.3 Å². The Labute approximate surface area is 143 Å². The summed E-state index contributed by atoms with van der Waals surface area (Å²) in [6, 6.07) is 22.9. The zero-order valence-corrected chi connectivity index (χ0v) is 14.0. The predicted molar refractivity (Wildman–Crippen MR) is 96.2 cm³/mol. The highest BCUT2D eigenvalue weighted by Gasteiger charge is 2.41. The molecule has 1 heterocycles. The molecule has 1 fully saturated rings. The molecule has 2 aromatic carbocycles. The van der Waals surface area contributed by atoms with E-state index in [0.717, 1.165) is 29.8 Å². The molecule has 1 saturated heterocycles. The van der Waals surface area contributed by atoms with Crippen molar-refractivity contribution in [2.45, 2.75) is 12.5 Å². The molecule has 122 valence electrons. The minimum Gasteiger partial charge on any atom is -0.379 e. The normalized spacial score (nSPS) is 18.6. The van der Waals surface area contributed by atoms with Crippen molar-refractivity contribution in [1.82, 2.24) is 4.90 Å². The number of hydrogen-bond acceptors (Lipinski definition) is 3. The molecule has 0 spiro atoms. The van der Waals surface area contributed by atoms with Crippen molar-refractivity contribution in [3.63, 3.8) is 0 Å². The lowest BCUT2D eigenvalue weighted by molar-refractivity contribution is 0.00577. The quantitative estimate of drug-likeness (QED) is 0.859. The summed E-state index contributed by atoms with van der Waals surface area (Å²) >= 11 is 0. The van der Waals surface area contributed by atoms with E-state index in [2.05, 4.69) is 36.1 Å². The van der Waals surface area contributed by atoms with Crippen LogP contribution in [-0.2, 0) is 10.3 Å². The molecule has 0 radical (unpaired) electrons. The van der Waals surface area contributed by atoms with E-state index in [9.17, 15) is 5.26 Å². The zero-order chi connectivity index (χ0) is 16.8. The van der Waals surface area contributed by atoms with Gasteiger partial charge in [0, 0.05) is 13.1 Å². The molecule has 0 amide bonds. The Bertz CT molecular complexity index is 727. The Morgan fingerprint density at radius 1 is 1.04 bits per heavy atom. The van der Waals surface area contributed by atoms with E-state index in [1.165, 1.54) is 0 Å². The molecule has 0 bridgehead atoms. The summed E-state index contributed by atoms with van der Waals surface area (Å²) in [4.78, 5) is 2.24. The lowest BCUT2D eigenvalue weighted by Crippen LogP contribution is -2.51. The molecular weight excluding hydrogens is 296 g/mol. The summed E-state index contributed by atoms with van der Waals surface area (Å²) in [6.45, 7) is 4.88. The first kappa shape index (κ1) is 16.4. The number of nitriles is 1. The lowest BCUT2D eigenvalue weighted by Gasteiger charge is -2.42. The fourth-order valence-electron chi connectivity index (χ4n) is 3.36. The molecule has 1 aliphatic rings. The van der Waals surface area contributed by atoms with Gasteiger partial charge in [0.2, 0.25) is 0 Å². The topological polar surface area (TPSA) is 36.3 Å². The van der Waals surface area contributed by atoms with Crippen LogP contribution in [0.5, 0.6) is 0 Å². The molecule has 24 heavy (non-hydrogen) atoms. The molecule has 0 N–H and O–H groups in total. The van der Waals surface area contributed by atoms with Gasteiger partial charge in [-0.2, -0.15) is 5.26 Å². The van der Waals surface area contributed by atoms with Gasteiger partial charge < -0.3 is 4.74 Å². The van der Waals surface area contributed by atoms with Crippen molar-refractivity contribution < 1.29 is 4.74 Å². The molecule has 0 saturated carbocycles. The lowest BCUT2D eigenvalue weighted by atomic mass is 9.81. The van der Waals surface area contributed by atoms with E-state index < -0.39 is 5.54 Å². The van der Waals surface area contributed by atoms with Crippen molar-refractivity contribution in [1.29, 1.82) is 5.26 Å². The van der Waals surface area contributed by atoms with Crippen LogP contribution in [-0.4, -0.2) is 31.2 Å². The fraction of sp³-hybridized carbons (Fsp3) is 0.286. The van der Waals surface area contributed by atoms with Crippen LogP contribution in [0.15, 0.2) is 66.2 Å². The van der Waals surface area contributed by atoms with Crippen LogP contribution in [0.1, 0.15) is 18.1 Å². The number of rotatable bonds is 4. The number of hydrogen-bond donors (Lipinski definition) is 0. The van der Waals surface area contributed by atoms with E-state index in [4.69, 9.17) is 4.74 Å². The smallest absolute Gasteiger partial charge is 0.156 e. The molecular formula is C21H22N2O. The van der Waals surface area contributed by atoms with Crippen LogP contribution in [0.2, 0.25) is 0 Å². The van der Waals surface area contributed by atoms with E-state index in [-0.39, 0.29) is 0 Å². The number of ether oxygens (including phenoxy) is 1. The van der Waals surface area contributed by atoms with E-state index in [1.54, 1.807) is 0 Å². The molecule has 0 aliphatic carbocycles. The second-order valence-electron chi connectivity index (χ2n) is 6.03. The summed E-state index contributed by atoms with van der Waals surface area (Å²) < 4.78 is 5.50. The first-order chi connectivity index (χ1) is 11.8. The molecule has 3 rings (SSSR count). The van der Waals surface area contributed by atoms with Gasteiger partial charge in [-0.3, -0.25) is 4.90 Å². The molecule has 3 heteroatoms. The molecule has 0 aromatic heterocycles. The highest BCUT2D eigenvalue weighted by atomic mass is 16.5. The van der Waals surface area contributed by atoms with Gasteiger partial charge >= 0.3 is 0 Å². The van der Waals surface area contributed by atoms with Gasteiger partial charge in [0.15, 0.2) is 5.54 Å². The predicted octanol–water partition coefficient (Wildman–Crippen LogP) is 3.84. The van der Waals surface area contributed by atoms with Crippen LogP contribution >= 0.6 is 0 Å². The van der Waals surface area contributed by atoms with Crippen molar-refractivity contribution in [3.05, 3.63) is 77.4 Å². The number of morpholine rings is 1. The van der Waals surface area contributed by atoms with Crippen LogP contribution in [0.4, 0.5) is 0 Å². The maximum absolute atomic E-state index is 10.3. The summed E-state index contributed by atoms with van der Waals surface area (Å²) in [5.41, 5.74) is 2.39. The van der Waals surface area contributed by atoms with Gasteiger partial charge in [-0.1, -0.05) is 66.7 Å². The maximum Gasteiger partial charge on any atom is 0.156 e. The van der Waals surface area contributed by atoms with Gasteiger partial charge in [-0.05, 0) is 23.6 Å². The summed E-state index contributed by atoms with van der Waals surface area (Å²) in [5, 5.41) is 10.3. The SMILES string of the molecule is CC(=Cc1ccccc1)C(C#N)(c1ccccc1)N1CCOCC1. The molecule has 3 nitrogen and oxygen atoms in total. The Kier molecular flexibility index (Phi) is 5.10. The largest absolute Gasteiger partial charge is 0.379 e. The van der Waals surface area contributed by atoms with E-state index in [0.29, 0.717) is 13.2 Å². The second-order valence-corrected chi connectivity index (χ2v) is 6.03. The molecule has 1 atom stereocenters. The first-order valence-corrected chi connectivity index (χ1v) is 8.31. The van der Waals surface area contributed by atoms with Crippen molar-refractivity contribution >= 4 is 6.08 Å². The molecule has 2 aromatic rings. The maximum atomic E-state index is 10.3. The fourth-order valence-corrected chi connectivity index (χ4v) is 3.36. The minimum atomic E-state index is -0.763. The minimum absolute atomic E-state index is 0.662. The third-order valence-electron chi connectivity index (χ3n) is 4.59. The molecule has 1 unspecified atom stereocenters. The highest BCUT2D eigenvalue weighted by Crippen LogP contribution is 2.37. The second kappa shape index (κ2) is 7.44.